The molecule has 0 saturated heterocycles. The average Bonchev–Trinajstić information content (AvgIpc) is 1.98. The molecule has 2 heteroatoms. The number of Topliss-reactive ketones (excluding diaryl/α,β-unsaturated/α-hetero) is 2. The van der Waals surface area contributed by atoms with Crippen molar-refractivity contribution in [1.29, 1.82) is 0 Å². The van der Waals surface area contributed by atoms with E-state index in [0.717, 1.165) is 6.42 Å². The minimum atomic E-state index is -0.0468. The van der Waals surface area contributed by atoms with Crippen LogP contribution in [0.15, 0.2) is 11.1 Å². The van der Waals surface area contributed by atoms with Gasteiger partial charge in [-0.15, -0.1) is 0 Å². The topological polar surface area (TPSA) is 34.1 Å². The monoisotopic (exact) mass is 208 g/mol. The third-order valence-electron chi connectivity index (χ3n) is 3.16. The van der Waals surface area contributed by atoms with E-state index in [1.807, 2.05) is 6.92 Å². The van der Waals surface area contributed by atoms with Gasteiger partial charge >= 0.3 is 0 Å². The zero-order chi connectivity index (χ0) is 11.6. The summed E-state index contributed by atoms with van der Waals surface area (Å²) < 4.78 is 0. The van der Waals surface area contributed by atoms with E-state index in [2.05, 4.69) is 13.8 Å². The molecule has 0 heterocycles. The van der Waals surface area contributed by atoms with Gasteiger partial charge in [-0.05, 0) is 25.7 Å². The van der Waals surface area contributed by atoms with Crippen LogP contribution in [-0.4, -0.2) is 11.6 Å². The summed E-state index contributed by atoms with van der Waals surface area (Å²) in [4.78, 5) is 22.5. The fourth-order valence-electron chi connectivity index (χ4n) is 2.50. The molecular weight excluding hydrogens is 188 g/mol. The van der Waals surface area contributed by atoms with Crippen LogP contribution in [0.3, 0.4) is 0 Å². The summed E-state index contributed by atoms with van der Waals surface area (Å²) in [6.45, 7) is 7.84. The lowest BCUT2D eigenvalue weighted by Gasteiger charge is -2.33. The van der Waals surface area contributed by atoms with Crippen molar-refractivity contribution in [3.8, 4) is 0 Å². The molecular formula is C13H20O2. The summed E-state index contributed by atoms with van der Waals surface area (Å²) in [5, 5.41) is 0. The van der Waals surface area contributed by atoms with Crippen molar-refractivity contribution < 1.29 is 9.59 Å². The smallest absolute Gasteiger partial charge is 0.137 e. The van der Waals surface area contributed by atoms with Crippen molar-refractivity contribution in [2.24, 2.45) is 5.41 Å². The Morgan fingerprint density at radius 1 is 1.40 bits per heavy atom. The zero-order valence-corrected chi connectivity index (χ0v) is 10.1. The highest BCUT2D eigenvalue weighted by Crippen LogP contribution is 2.40. The Morgan fingerprint density at radius 2 is 2.00 bits per heavy atom. The maximum Gasteiger partial charge on any atom is 0.137 e. The van der Waals surface area contributed by atoms with Gasteiger partial charge in [0, 0.05) is 19.3 Å². The van der Waals surface area contributed by atoms with E-state index < -0.39 is 0 Å². The van der Waals surface area contributed by atoms with Crippen LogP contribution in [0.4, 0.5) is 0 Å². The first-order chi connectivity index (χ1) is 6.83. The number of carbonyl (C=O) groups is 2. The second-order valence-corrected chi connectivity index (χ2v) is 5.24. The van der Waals surface area contributed by atoms with Crippen molar-refractivity contribution in [1.82, 2.24) is 0 Å². The molecule has 0 unspecified atom stereocenters. The van der Waals surface area contributed by atoms with Gasteiger partial charge in [0.1, 0.15) is 11.6 Å². The lowest BCUT2D eigenvalue weighted by molar-refractivity contribution is -0.120. The van der Waals surface area contributed by atoms with E-state index in [0.29, 0.717) is 25.0 Å². The first-order valence-electron chi connectivity index (χ1n) is 5.53. The highest BCUT2D eigenvalue weighted by molar-refractivity contribution is 5.84. The summed E-state index contributed by atoms with van der Waals surface area (Å²) in [6.07, 6.45) is 2.62. The Hall–Kier alpha value is -0.920. The second-order valence-electron chi connectivity index (χ2n) is 5.24. The molecule has 0 atom stereocenters. The van der Waals surface area contributed by atoms with E-state index >= 15 is 0 Å². The largest absolute Gasteiger partial charge is 0.300 e. The molecule has 0 radical (unpaired) electrons. The van der Waals surface area contributed by atoms with Gasteiger partial charge in [0.2, 0.25) is 0 Å². The van der Waals surface area contributed by atoms with E-state index in [9.17, 15) is 9.59 Å². The third-order valence-corrected chi connectivity index (χ3v) is 3.16. The van der Waals surface area contributed by atoms with Crippen LogP contribution < -0.4 is 0 Å². The summed E-state index contributed by atoms with van der Waals surface area (Å²) in [5.41, 5.74) is 2.45. The summed E-state index contributed by atoms with van der Waals surface area (Å²) in [5.74, 6) is 0.548. The van der Waals surface area contributed by atoms with Gasteiger partial charge in [-0.2, -0.15) is 0 Å². The van der Waals surface area contributed by atoms with E-state index in [-0.39, 0.29) is 11.2 Å². The van der Waals surface area contributed by atoms with E-state index in [1.54, 1.807) is 6.92 Å². The summed E-state index contributed by atoms with van der Waals surface area (Å²) >= 11 is 0. The molecule has 0 amide bonds. The number of ketones is 2. The minimum Gasteiger partial charge on any atom is -0.300 e. The first kappa shape index (κ1) is 12.2. The minimum absolute atomic E-state index is 0.0468. The number of allylic oxidation sites excluding steroid dienone is 2. The predicted octanol–water partition coefficient (Wildman–Crippen LogP) is 3.06. The number of hydrogen-bond donors (Lipinski definition) is 0. The molecule has 0 aromatic carbocycles. The molecule has 1 rings (SSSR count). The highest BCUT2D eigenvalue weighted by atomic mass is 16.1. The van der Waals surface area contributed by atoms with Crippen molar-refractivity contribution in [3.05, 3.63) is 11.1 Å². The van der Waals surface area contributed by atoms with Crippen LogP contribution in [0.5, 0.6) is 0 Å². The Morgan fingerprint density at radius 3 is 2.47 bits per heavy atom. The maximum atomic E-state index is 11.5. The molecule has 1 aliphatic carbocycles. The lowest BCUT2D eigenvalue weighted by Crippen LogP contribution is -2.26. The fourth-order valence-corrected chi connectivity index (χ4v) is 2.50. The van der Waals surface area contributed by atoms with Gasteiger partial charge in [-0.25, -0.2) is 0 Å². The number of carbonyl (C=O) groups excluding carboxylic acids is 2. The van der Waals surface area contributed by atoms with Crippen LogP contribution in [0, 0.1) is 5.41 Å². The van der Waals surface area contributed by atoms with Crippen molar-refractivity contribution in [2.75, 3.05) is 0 Å². The molecule has 15 heavy (non-hydrogen) atoms. The molecule has 0 N–H and O–H groups in total. The Bertz CT molecular complexity index is 321. The number of hydrogen-bond acceptors (Lipinski definition) is 2. The average molecular weight is 208 g/mol. The molecule has 0 saturated carbocycles. The summed E-state index contributed by atoms with van der Waals surface area (Å²) in [7, 11) is 0. The number of rotatable bonds is 3. The van der Waals surface area contributed by atoms with Crippen LogP contribution in [0.2, 0.25) is 0 Å². The molecule has 84 valence electrons. The highest BCUT2D eigenvalue weighted by Gasteiger charge is 2.32. The molecule has 2 nitrogen and oxygen atoms in total. The Balaban J connectivity index is 2.86. The SMILES string of the molecule is CC(=O)CCC1=C(C)CC(=O)CC1(C)C. The second kappa shape index (κ2) is 4.30. The van der Waals surface area contributed by atoms with Crippen LogP contribution in [0.25, 0.3) is 0 Å². The van der Waals surface area contributed by atoms with Gasteiger partial charge < -0.3 is 4.79 Å². The molecule has 1 aliphatic rings. The lowest BCUT2D eigenvalue weighted by atomic mass is 9.70. The molecule has 0 fully saturated rings. The van der Waals surface area contributed by atoms with Crippen molar-refractivity contribution in [2.45, 2.75) is 53.4 Å². The van der Waals surface area contributed by atoms with Gasteiger partial charge in [0.05, 0.1) is 0 Å². The first-order valence-corrected chi connectivity index (χ1v) is 5.53. The predicted molar refractivity (Wildman–Crippen MR) is 60.6 cm³/mol. The fraction of sp³-hybridized carbons (Fsp3) is 0.692. The Kier molecular flexibility index (Phi) is 3.48. The van der Waals surface area contributed by atoms with Crippen molar-refractivity contribution in [3.63, 3.8) is 0 Å². The third kappa shape index (κ3) is 3.01. The normalized spacial score (nSPS) is 20.7. The van der Waals surface area contributed by atoms with Gasteiger partial charge in [0.25, 0.3) is 0 Å². The quantitative estimate of drug-likeness (QED) is 0.668. The molecule has 0 aromatic rings. The van der Waals surface area contributed by atoms with Gasteiger partial charge in [-0.1, -0.05) is 25.0 Å². The van der Waals surface area contributed by atoms with E-state index in [1.165, 1.54) is 11.1 Å². The summed E-state index contributed by atoms with van der Waals surface area (Å²) in [6, 6.07) is 0. The van der Waals surface area contributed by atoms with Gasteiger partial charge in [-0.3, -0.25) is 4.79 Å². The van der Waals surface area contributed by atoms with Crippen molar-refractivity contribution >= 4 is 11.6 Å². The van der Waals surface area contributed by atoms with Crippen LogP contribution in [-0.2, 0) is 9.59 Å². The molecule has 0 spiro atoms. The molecule has 0 aromatic heterocycles. The van der Waals surface area contributed by atoms with Gasteiger partial charge in [0.15, 0.2) is 0 Å². The Labute approximate surface area is 91.7 Å². The molecule has 0 bridgehead atoms. The van der Waals surface area contributed by atoms with E-state index in [4.69, 9.17) is 0 Å². The molecule has 0 aliphatic heterocycles. The van der Waals surface area contributed by atoms with Crippen LogP contribution in [0.1, 0.15) is 53.4 Å². The maximum absolute atomic E-state index is 11.5. The standard InChI is InChI=1S/C13H20O2/c1-9-7-11(15)8-13(3,4)12(9)6-5-10(2)14/h5-8H2,1-4H3. The van der Waals surface area contributed by atoms with Crippen LogP contribution >= 0.6 is 0 Å². The zero-order valence-electron chi connectivity index (χ0n) is 10.1.